The maximum atomic E-state index is 13.9. The number of carbonyl (C=O) groups excluding carboxylic acids is 2. The van der Waals surface area contributed by atoms with Crippen LogP contribution < -0.4 is 0 Å². The molecule has 3 aromatic rings. The van der Waals surface area contributed by atoms with Crippen LogP contribution in [-0.2, 0) is 14.4 Å². The summed E-state index contributed by atoms with van der Waals surface area (Å²) in [6.07, 6.45) is 3.39. The summed E-state index contributed by atoms with van der Waals surface area (Å²) in [5, 5.41) is 9.93. The van der Waals surface area contributed by atoms with E-state index in [1.807, 2.05) is 91.0 Å². The quantitative estimate of drug-likeness (QED) is 0.531. The molecule has 1 aliphatic heterocycles. The van der Waals surface area contributed by atoms with E-state index in [-0.39, 0.29) is 24.8 Å². The Kier molecular flexibility index (Phi) is 7.41. The molecule has 0 unspecified atom stereocenters. The van der Waals surface area contributed by atoms with Crippen LogP contribution in [0.25, 0.3) is 6.08 Å². The van der Waals surface area contributed by atoms with E-state index in [1.165, 1.54) is 15.9 Å². The number of carboxylic acid groups (broad SMARTS) is 1. The number of carboxylic acids is 1. The molecule has 4 rings (SSSR count). The van der Waals surface area contributed by atoms with Crippen LogP contribution in [-0.4, -0.2) is 58.4 Å². The summed E-state index contributed by atoms with van der Waals surface area (Å²) in [4.78, 5) is 41.8. The van der Waals surface area contributed by atoms with Gasteiger partial charge in [-0.1, -0.05) is 91.0 Å². The van der Waals surface area contributed by atoms with E-state index in [4.69, 9.17) is 0 Å². The summed E-state index contributed by atoms with van der Waals surface area (Å²) in [6.45, 7) is 0.160. The molecule has 0 aliphatic carbocycles. The van der Waals surface area contributed by atoms with Gasteiger partial charge in [0.1, 0.15) is 6.04 Å². The molecule has 0 saturated carbocycles. The lowest BCUT2D eigenvalue weighted by Crippen LogP contribution is -2.44. The van der Waals surface area contributed by atoms with Crippen molar-refractivity contribution < 1.29 is 19.5 Å². The van der Waals surface area contributed by atoms with Crippen LogP contribution in [0.2, 0.25) is 0 Å². The first-order valence-electron chi connectivity index (χ1n) is 11.6. The van der Waals surface area contributed by atoms with Crippen LogP contribution in [0.5, 0.6) is 0 Å². The number of amides is 2. The molecule has 2 atom stereocenters. The maximum Gasteiger partial charge on any atom is 0.326 e. The lowest BCUT2D eigenvalue weighted by Gasteiger charge is -2.28. The molecular formula is C29H28N2O4. The third-order valence-corrected chi connectivity index (χ3v) is 6.47. The minimum Gasteiger partial charge on any atom is -0.480 e. The Hall–Kier alpha value is -4.19. The van der Waals surface area contributed by atoms with Gasteiger partial charge in [-0.05, 0) is 22.8 Å². The molecule has 3 aromatic carbocycles. The molecule has 6 nitrogen and oxygen atoms in total. The van der Waals surface area contributed by atoms with Gasteiger partial charge in [0, 0.05) is 26.1 Å². The van der Waals surface area contributed by atoms with Crippen molar-refractivity contribution >= 4 is 23.9 Å². The van der Waals surface area contributed by atoms with Gasteiger partial charge >= 0.3 is 5.97 Å². The Morgan fingerprint density at radius 2 is 1.40 bits per heavy atom. The second-order valence-corrected chi connectivity index (χ2v) is 8.68. The Morgan fingerprint density at radius 1 is 0.886 bits per heavy atom. The van der Waals surface area contributed by atoms with Gasteiger partial charge in [0.05, 0.1) is 12.0 Å². The van der Waals surface area contributed by atoms with Crippen LogP contribution in [0.1, 0.15) is 29.0 Å². The highest BCUT2D eigenvalue weighted by molar-refractivity contribution is 5.93. The SMILES string of the molecule is CN(C(=O)/C=C/c1ccccc1)[C@H]1C[C@@H](C(=O)O)N(C(=O)C(c2ccccc2)c2ccccc2)C1. The molecule has 0 spiro atoms. The molecule has 0 bridgehead atoms. The molecule has 6 heteroatoms. The molecule has 2 amide bonds. The lowest BCUT2D eigenvalue weighted by molar-refractivity contribution is -0.148. The molecule has 178 valence electrons. The van der Waals surface area contributed by atoms with E-state index >= 15 is 0 Å². The number of hydrogen-bond acceptors (Lipinski definition) is 3. The molecular weight excluding hydrogens is 440 g/mol. The van der Waals surface area contributed by atoms with Gasteiger partial charge in [0.25, 0.3) is 0 Å². The zero-order valence-corrected chi connectivity index (χ0v) is 19.5. The van der Waals surface area contributed by atoms with Gasteiger partial charge in [0.2, 0.25) is 11.8 Å². The second-order valence-electron chi connectivity index (χ2n) is 8.68. The van der Waals surface area contributed by atoms with E-state index in [2.05, 4.69) is 0 Å². The topological polar surface area (TPSA) is 77.9 Å². The van der Waals surface area contributed by atoms with Crippen LogP contribution in [0.4, 0.5) is 0 Å². The van der Waals surface area contributed by atoms with E-state index in [1.54, 1.807) is 13.1 Å². The summed E-state index contributed by atoms with van der Waals surface area (Å²) < 4.78 is 0. The summed E-state index contributed by atoms with van der Waals surface area (Å²) in [7, 11) is 1.65. The van der Waals surface area contributed by atoms with E-state index < -0.39 is 24.0 Å². The average Bonchev–Trinajstić information content (AvgIpc) is 3.35. The van der Waals surface area contributed by atoms with Crippen LogP contribution in [0, 0.1) is 0 Å². The van der Waals surface area contributed by atoms with Crippen molar-refractivity contribution in [2.24, 2.45) is 0 Å². The monoisotopic (exact) mass is 468 g/mol. The Labute approximate surface area is 205 Å². The number of hydrogen-bond donors (Lipinski definition) is 1. The summed E-state index contributed by atoms with van der Waals surface area (Å²) in [5.41, 5.74) is 2.49. The van der Waals surface area contributed by atoms with Crippen molar-refractivity contribution in [1.29, 1.82) is 0 Å². The van der Waals surface area contributed by atoms with Crippen molar-refractivity contribution in [2.75, 3.05) is 13.6 Å². The highest BCUT2D eigenvalue weighted by Gasteiger charge is 2.44. The van der Waals surface area contributed by atoms with Crippen LogP contribution in [0.3, 0.4) is 0 Å². The third-order valence-electron chi connectivity index (χ3n) is 6.47. The fraction of sp³-hybridized carbons (Fsp3) is 0.207. The zero-order chi connectivity index (χ0) is 24.8. The molecule has 0 aromatic heterocycles. The summed E-state index contributed by atoms with van der Waals surface area (Å²) in [5.74, 6) is -2.21. The molecule has 1 saturated heterocycles. The fourth-order valence-corrected chi connectivity index (χ4v) is 4.54. The minimum atomic E-state index is -1.07. The van der Waals surface area contributed by atoms with Gasteiger partial charge < -0.3 is 14.9 Å². The first-order valence-corrected chi connectivity index (χ1v) is 11.6. The standard InChI is InChI=1S/C29H28N2O4/c1-30(26(32)18-17-21-11-5-2-6-12-21)24-19-25(29(34)35)31(20-24)28(33)27(22-13-7-3-8-14-22)23-15-9-4-10-16-23/h2-18,24-25,27H,19-20H2,1H3,(H,34,35)/b18-17+/t24-,25-/m0/s1. The lowest BCUT2D eigenvalue weighted by atomic mass is 9.90. The zero-order valence-electron chi connectivity index (χ0n) is 19.5. The summed E-state index contributed by atoms with van der Waals surface area (Å²) >= 11 is 0. The van der Waals surface area contributed by atoms with Crippen LogP contribution in [0.15, 0.2) is 97.1 Å². The smallest absolute Gasteiger partial charge is 0.326 e. The third kappa shape index (κ3) is 5.49. The minimum absolute atomic E-state index is 0.160. The Bertz CT molecular complexity index is 1160. The Morgan fingerprint density at radius 3 is 1.91 bits per heavy atom. The number of carbonyl (C=O) groups is 3. The number of likely N-dealkylation sites (tertiary alicyclic amines) is 1. The second kappa shape index (κ2) is 10.8. The number of benzene rings is 3. The summed E-state index contributed by atoms with van der Waals surface area (Å²) in [6, 6.07) is 26.8. The van der Waals surface area contributed by atoms with Gasteiger partial charge in [-0.2, -0.15) is 0 Å². The molecule has 35 heavy (non-hydrogen) atoms. The highest BCUT2D eigenvalue weighted by atomic mass is 16.4. The van der Waals surface area contributed by atoms with Crippen molar-refractivity contribution in [3.05, 3.63) is 114 Å². The largest absolute Gasteiger partial charge is 0.480 e. The maximum absolute atomic E-state index is 13.9. The van der Waals surface area contributed by atoms with Gasteiger partial charge in [-0.25, -0.2) is 4.79 Å². The number of aliphatic carboxylic acids is 1. The Balaban J connectivity index is 1.57. The van der Waals surface area contributed by atoms with E-state index in [9.17, 15) is 19.5 Å². The van der Waals surface area contributed by atoms with Crippen molar-refractivity contribution in [3.8, 4) is 0 Å². The van der Waals surface area contributed by atoms with E-state index in [0.29, 0.717) is 0 Å². The predicted molar refractivity (Wildman–Crippen MR) is 135 cm³/mol. The van der Waals surface area contributed by atoms with E-state index in [0.717, 1.165) is 16.7 Å². The highest BCUT2D eigenvalue weighted by Crippen LogP contribution is 2.31. The van der Waals surface area contributed by atoms with Crippen molar-refractivity contribution in [2.45, 2.75) is 24.4 Å². The number of nitrogens with zero attached hydrogens (tertiary/aromatic N) is 2. The molecule has 1 N–H and O–H groups in total. The number of rotatable bonds is 7. The molecule has 1 heterocycles. The van der Waals surface area contributed by atoms with Crippen molar-refractivity contribution in [3.63, 3.8) is 0 Å². The first-order chi connectivity index (χ1) is 17.0. The first kappa shape index (κ1) is 24.0. The fourth-order valence-electron chi connectivity index (χ4n) is 4.54. The molecule has 0 radical (unpaired) electrons. The number of likely N-dealkylation sites (N-methyl/N-ethyl adjacent to an activating group) is 1. The average molecular weight is 469 g/mol. The molecule has 1 fully saturated rings. The normalized spacial score (nSPS) is 17.6. The predicted octanol–water partition coefficient (Wildman–Crippen LogP) is 4.04. The van der Waals surface area contributed by atoms with Gasteiger partial charge in [0.15, 0.2) is 0 Å². The van der Waals surface area contributed by atoms with Crippen molar-refractivity contribution in [1.82, 2.24) is 9.80 Å². The van der Waals surface area contributed by atoms with Gasteiger partial charge in [-0.15, -0.1) is 0 Å². The molecule has 1 aliphatic rings. The van der Waals surface area contributed by atoms with Crippen LogP contribution >= 0.6 is 0 Å². The van der Waals surface area contributed by atoms with Gasteiger partial charge in [-0.3, -0.25) is 9.59 Å².